The number of hydrogen-bond acceptors (Lipinski definition) is 4. The largest absolute Gasteiger partial charge is 0.481 e. The van der Waals surface area contributed by atoms with Gasteiger partial charge in [-0.15, -0.1) is 0 Å². The smallest absolute Gasteiger partial charge is 0.303 e. The molecule has 0 bridgehead atoms. The molecule has 5 nitrogen and oxygen atoms in total. The summed E-state index contributed by atoms with van der Waals surface area (Å²) in [4.78, 5) is 17.7. The fourth-order valence-electron chi connectivity index (χ4n) is 4.52. The predicted molar refractivity (Wildman–Crippen MR) is 129 cm³/mol. The van der Waals surface area contributed by atoms with Crippen molar-refractivity contribution in [2.24, 2.45) is 0 Å². The second kappa shape index (κ2) is 10.5. The summed E-state index contributed by atoms with van der Waals surface area (Å²) in [5, 5.41) is 12.1. The Labute approximate surface area is 194 Å². The fraction of sp³-hybridized carbons (Fsp3) is 0.333. The molecular weight excluding hydrogens is 417 g/mol. The van der Waals surface area contributed by atoms with Crippen molar-refractivity contribution in [3.63, 3.8) is 0 Å². The molecule has 2 N–H and O–H groups in total. The first-order chi connectivity index (χ1) is 16.0. The van der Waals surface area contributed by atoms with Gasteiger partial charge >= 0.3 is 5.97 Å². The van der Waals surface area contributed by atoms with Gasteiger partial charge in [0.2, 0.25) is 0 Å². The Hall–Kier alpha value is -3.41. The van der Waals surface area contributed by atoms with Gasteiger partial charge in [-0.05, 0) is 72.7 Å². The van der Waals surface area contributed by atoms with Gasteiger partial charge < -0.3 is 15.3 Å². The third kappa shape index (κ3) is 5.69. The zero-order valence-electron chi connectivity index (χ0n) is 19.0. The SMILES string of the molecule is Cc1c(CNc2ccc(CCC(=O)O)c(F)c2)ccc2c1N(CCc1ccccn1)CCC2. The third-order valence-electron chi connectivity index (χ3n) is 6.33. The van der Waals surface area contributed by atoms with Crippen molar-refractivity contribution in [3.8, 4) is 0 Å². The van der Waals surface area contributed by atoms with Crippen molar-refractivity contribution in [1.29, 1.82) is 0 Å². The molecule has 1 aliphatic heterocycles. The number of rotatable bonds is 9. The fourth-order valence-corrected chi connectivity index (χ4v) is 4.52. The van der Waals surface area contributed by atoms with Crippen molar-refractivity contribution in [3.05, 3.63) is 88.5 Å². The highest BCUT2D eigenvalue weighted by molar-refractivity contribution is 5.67. The summed E-state index contributed by atoms with van der Waals surface area (Å²) in [6, 6.07) is 15.4. The number of benzene rings is 2. The lowest BCUT2D eigenvalue weighted by Crippen LogP contribution is -2.32. The van der Waals surface area contributed by atoms with E-state index in [1.807, 2.05) is 24.4 Å². The minimum Gasteiger partial charge on any atom is -0.481 e. The van der Waals surface area contributed by atoms with Crippen LogP contribution in [0.15, 0.2) is 54.7 Å². The Balaban J connectivity index is 1.45. The normalized spacial score (nSPS) is 13.0. The number of carboxylic acids is 1. The number of hydrogen-bond donors (Lipinski definition) is 2. The number of carbonyl (C=O) groups is 1. The molecule has 3 aromatic rings. The molecule has 2 heterocycles. The molecule has 0 spiro atoms. The lowest BCUT2D eigenvalue weighted by Gasteiger charge is -2.34. The molecule has 172 valence electrons. The molecule has 0 radical (unpaired) electrons. The van der Waals surface area contributed by atoms with E-state index >= 15 is 0 Å². The summed E-state index contributed by atoms with van der Waals surface area (Å²) in [6.07, 6.45) is 5.12. The Kier molecular flexibility index (Phi) is 7.23. The first kappa shape index (κ1) is 22.8. The zero-order chi connectivity index (χ0) is 23.2. The van der Waals surface area contributed by atoms with Crippen LogP contribution >= 0.6 is 0 Å². The number of pyridine rings is 1. The van der Waals surface area contributed by atoms with Crippen molar-refractivity contribution in [2.75, 3.05) is 23.3 Å². The second-order valence-electron chi connectivity index (χ2n) is 8.57. The van der Waals surface area contributed by atoms with Crippen LogP contribution in [0.4, 0.5) is 15.8 Å². The van der Waals surface area contributed by atoms with Gasteiger partial charge in [0.15, 0.2) is 0 Å². The minimum absolute atomic E-state index is 0.0746. The molecule has 33 heavy (non-hydrogen) atoms. The van der Waals surface area contributed by atoms with Crippen LogP contribution < -0.4 is 10.2 Å². The van der Waals surface area contributed by atoms with Crippen LogP contribution in [0.5, 0.6) is 0 Å². The van der Waals surface area contributed by atoms with E-state index in [-0.39, 0.29) is 18.7 Å². The van der Waals surface area contributed by atoms with Gasteiger partial charge in [0.25, 0.3) is 0 Å². The molecule has 2 aromatic carbocycles. The maximum absolute atomic E-state index is 14.4. The van der Waals surface area contributed by atoms with E-state index in [4.69, 9.17) is 5.11 Å². The van der Waals surface area contributed by atoms with E-state index in [1.165, 1.54) is 28.4 Å². The highest BCUT2D eigenvalue weighted by atomic mass is 19.1. The number of aliphatic carboxylic acids is 1. The summed E-state index contributed by atoms with van der Waals surface area (Å²) in [5.41, 5.74) is 7.39. The van der Waals surface area contributed by atoms with Crippen molar-refractivity contribution in [2.45, 2.75) is 45.6 Å². The van der Waals surface area contributed by atoms with Gasteiger partial charge in [-0.1, -0.05) is 24.3 Å². The Morgan fingerprint density at radius 1 is 1.15 bits per heavy atom. The molecular formula is C27H30FN3O2. The third-order valence-corrected chi connectivity index (χ3v) is 6.33. The number of fused-ring (bicyclic) bond motifs is 1. The summed E-state index contributed by atoms with van der Waals surface area (Å²) in [7, 11) is 0. The average Bonchev–Trinajstić information content (AvgIpc) is 2.82. The number of carboxylic acid groups (broad SMARTS) is 1. The van der Waals surface area contributed by atoms with Crippen LogP contribution in [-0.2, 0) is 30.6 Å². The maximum atomic E-state index is 14.4. The summed E-state index contributed by atoms with van der Waals surface area (Å²) >= 11 is 0. The minimum atomic E-state index is -0.923. The monoisotopic (exact) mass is 447 g/mol. The highest BCUT2D eigenvalue weighted by Crippen LogP contribution is 2.33. The first-order valence-corrected chi connectivity index (χ1v) is 11.5. The number of aromatic nitrogens is 1. The summed E-state index contributed by atoms with van der Waals surface area (Å²) in [5.74, 6) is -1.29. The number of anilines is 2. The summed E-state index contributed by atoms with van der Waals surface area (Å²) in [6.45, 7) is 4.75. The number of nitrogens with zero attached hydrogens (tertiary/aromatic N) is 2. The van der Waals surface area contributed by atoms with Crippen molar-refractivity contribution < 1.29 is 14.3 Å². The maximum Gasteiger partial charge on any atom is 0.303 e. The molecule has 0 unspecified atom stereocenters. The lowest BCUT2D eigenvalue weighted by molar-refractivity contribution is -0.136. The van der Waals surface area contributed by atoms with Crippen molar-refractivity contribution in [1.82, 2.24) is 4.98 Å². The number of halogens is 1. The molecule has 0 aliphatic carbocycles. The average molecular weight is 448 g/mol. The predicted octanol–water partition coefficient (Wildman–Crippen LogP) is 5.15. The van der Waals surface area contributed by atoms with Crippen LogP contribution in [-0.4, -0.2) is 29.1 Å². The van der Waals surface area contributed by atoms with Gasteiger partial charge in [-0.3, -0.25) is 9.78 Å². The lowest BCUT2D eigenvalue weighted by atomic mass is 9.94. The van der Waals surface area contributed by atoms with Gasteiger partial charge in [0.1, 0.15) is 5.82 Å². The van der Waals surface area contributed by atoms with Crippen LogP contribution in [0.3, 0.4) is 0 Å². The Morgan fingerprint density at radius 2 is 2.00 bits per heavy atom. The van der Waals surface area contributed by atoms with E-state index in [2.05, 4.69) is 40.3 Å². The molecule has 0 saturated heterocycles. The standard InChI is InChI=1S/C27H30FN3O2/c1-19-22(18-30-24-11-9-20(25(28)17-24)10-12-26(32)33)8-7-21-5-4-15-31(27(19)21)16-13-23-6-2-3-14-29-23/h2-3,6-9,11,14,17,30H,4-5,10,12-13,15-16,18H2,1H3,(H,32,33). The van der Waals surface area contributed by atoms with E-state index in [0.717, 1.165) is 38.0 Å². The number of nitrogens with one attached hydrogen (secondary N) is 1. The van der Waals surface area contributed by atoms with Crippen LogP contribution in [0.2, 0.25) is 0 Å². The van der Waals surface area contributed by atoms with Gasteiger partial charge in [0.05, 0.1) is 0 Å². The van der Waals surface area contributed by atoms with Gasteiger partial charge in [0, 0.05) is 55.7 Å². The molecule has 6 heteroatoms. The Morgan fingerprint density at radius 3 is 2.76 bits per heavy atom. The molecule has 4 rings (SSSR count). The zero-order valence-corrected chi connectivity index (χ0v) is 19.0. The van der Waals surface area contributed by atoms with Crippen LogP contribution in [0.25, 0.3) is 0 Å². The molecule has 1 aliphatic rings. The highest BCUT2D eigenvalue weighted by Gasteiger charge is 2.20. The molecule has 0 amide bonds. The Bertz CT molecular complexity index is 1120. The second-order valence-corrected chi connectivity index (χ2v) is 8.57. The first-order valence-electron chi connectivity index (χ1n) is 11.5. The van der Waals surface area contributed by atoms with Gasteiger partial charge in [-0.2, -0.15) is 0 Å². The summed E-state index contributed by atoms with van der Waals surface area (Å²) < 4.78 is 14.4. The molecule has 0 fully saturated rings. The van der Waals surface area contributed by atoms with E-state index in [9.17, 15) is 9.18 Å². The quantitative estimate of drug-likeness (QED) is 0.475. The van der Waals surface area contributed by atoms with Crippen LogP contribution in [0.1, 0.15) is 40.8 Å². The molecule has 0 saturated carbocycles. The van der Waals surface area contributed by atoms with Gasteiger partial charge in [-0.25, -0.2) is 4.39 Å². The van der Waals surface area contributed by atoms with Crippen LogP contribution in [0, 0.1) is 12.7 Å². The van der Waals surface area contributed by atoms with E-state index in [1.54, 1.807) is 6.07 Å². The topological polar surface area (TPSA) is 65.5 Å². The van der Waals surface area contributed by atoms with E-state index < -0.39 is 5.97 Å². The van der Waals surface area contributed by atoms with E-state index in [0.29, 0.717) is 17.8 Å². The molecule has 0 atom stereocenters. The molecule has 1 aromatic heterocycles. The number of aryl methyl sites for hydroxylation is 2. The van der Waals surface area contributed by atoms with Crippen molar-refractivity contribution >= 4 is 17.3 Å².